The molecule has 2 aliphatic rings. The average Bonchev–Trinajstić information content (AvgIpc) is 3.32. The largest absolute Gasteiger partial charge is 0.493 e. The summed E-state index contributed by atoms with van der Waals surface area (Å²) >= 11 is 0. The minimum atomic E-state index is -4.84. The number of halogens is 3. The third-order valence-corrected chi connectivity index (χ3v) is 11.4. The molecule has 1 amide bonds. The fourth-order valence-electron chi connectivity index (χ4n) is 6.62. The molecule has 0 bridgehead atoms. The Kier molecular flexibility index (Phi) is 9.57. The van der Waals surface area contributed by atoms with Gasteiger partial charge >= 0.3 is 13.8 Å². The fourth-order valence-corrected chi connectivity index (χ4v) is 7.90. The van der Waals surface area contributed by atoms with Gasteiger partial charge in [0, 0.05) is 26.0 Å². The number of methoxy groups -OCH3 is 1. The van der Waals surface area contributed by atoms with E-state index in [1.54, 1.807) is 27.0 Å². The van der Waals surface area contributed by atoms with Gasteiger partial charge in [-0.25, -0.2) is 9.97 Å². The van der Waals surface area contributed by atoms with Crippen LogP contribution in [0.4, 0.5) is 36.4 Å². The van der Waals surface area contributed by atoms with E-state index in [9.17, 15) is 37.4 Å². The molecule has 2 aromatic heterocycles. The van der Waals surface area contributed by atoms with Crippen molar-refractivity contribution in [3.05, 3.63) is 58.4 Å². The highest BCUT2D eigenvalue weighted by atomic mass is 31.2. The number of hydrogen-bond donors (Lipinski definition) is 5. The Balaban J connectivity index is 1.52. The van der Waals surface area contributed by atoms with E-state index in [0.29, 0.717) is 25.6 Å². The zero-order chi connectivity index (χ0) is 34.3. The quantitative estimate of drug-likeness (QED) is 0.155. The minimum Gasteiger partial charge on any atom is -0.493 e. The number of aliphatic hydroxyl groups excluding tert-OH is 1. The van der Waals surface area contributed by atoms with Gasteiger partial charge in [0.2, 0.25) is 5.95 Å². The van der Waals surface area contributed by atoms with E-state index >= 15 is 0 Å². The number of aromatic nitrogens is 3. The lowest BCUT2D eigenvalue weighted by atomic mass is 9.80. The number of anilines is 4. The van der Waals surface area contributed by atoms with Crippen LogP contribution in [0.1, 0.15) is 90.9 Å². The molecule has 1 aliphatic heterocycles. The standard InChI is InChI=1S/C31H38F3N6O6P/c1-5-30(6-2,47(43,44)45)18-13-24(46-4)27(35-14-18)39-29-36-15-22(31(32,33)34)26(38-29)37-23-12-11-20(17-7-9-19(41)10-8-17)21-16-40(3)28(42)25(21)23/h11-15,17,19,41H,5-10,16H2,1-4H3,(H2,43,44,45)(H2,35,36,37,38,39)/t17-,19-. The Bertz CT molecular complexity index is 1710. The van der Waals surface area contributed by atoms with E-state index in [0.717, 1.165) is 24.0 Å². The van der Waals surface area contributed by atoms with Crippen molar-refractivity contribution in [2.24, 2.45) is 0 Å². The van der Waals surface area contributed by atoms with Crippen molar-refractivity contribution in [3.63, 3.8) is 0 Å². The van der Waals surface area contributed by atoms with E-state index in [2.05, 4.69) is 25.6 Å². The molecule has 12 nitrogen and oxygen atoms in total. The van der Waals surface area contributed by atoms with Crippen LogP contribution in [0.3, 0.4) is 0 Å². The molecular weight excluding hydrogens is 640 g/mol. The van der Waals surface area contributed by atoms with E-state index < -0.39 is 30.3 Å². The molecule has 3 aromatic rings. The SMILES string of the molecule is CCC(CC)(c1cnc(Nc2ncc(C(F)(F)F)c(Nc3ccc([C@H]4CC[C@H](O)CC4)c4c3C(=O)N(C)C4)n2)c(OC)c1)P(=O)(O)O. The molecule has 1 aromatic carbocycles. The number of nitrogens with one attached hydrogen (secondary N) is 2. The van der Waals surface area contributed by atoms with Crippen LogP contribution in [0.15, 0.2) is 30.6 Å². The highest BCUT2D eigenvalue weighted by Crippen LogP contribution is 2.61. The van der Waals surface area contributed by atoms with Crippen LogP contribution in [0.25, 0.3) is 0 Å². The Hall–Kier alpha value is -3.78. The maximum absolute atomic E-state index is 14.2. The smallest absolute Gasteiger partial charge is 0.421 e. The number of carbonyl (C=O) groups is 1. The Labute approximate surface area is 270 Å². The number of fused-ring (bicyclic) bond motifs is 1. The van der Waals surface area contributed by atoms with E-state index in [1.165, 1.54) is 24.3 Å². The number of nitrogens with zero attached hydrogens (tertiary/aromatic N) is 4. The molecule has 5 N–H and O–H groups in total. The molecule has 0 saturated heterocycles. The Morgan fingerprint density at radius 3 is 2.32 bits per heavy atom. The van der Waals surface area contributed by atoms with Gasteiger partial charge in [0.1, 0.15) is 11.4 Å². The summed E-state index contributed by atoms with van der Waals surface area (Å²) in [6.07, 6.45) is -0.304. The van der Waals surface area contributed by atoms with Crippen LogP contribution in [0.2, 0.25) is 0 Å². The molecule has 3 heterocycles. The zero-order valence-electron chi connectivity index (χ0n) is 26.4. The van der Waals surface area contributed by atoms with Crippen LogP contribution in [-0.2, 0) is 22.4 Å². The number of aliphatic hydroxyl groups is 1. The van der Waals surface area contributed by atoms with Crippen molar-refractivity contribution >= 4 is 36.8 Å². The Morgan fingerprint density at radius 2 is 1.72 bits per heavy atom. The second-order valence-corrected chi connectivity index (χ2v) is 13.9. The fraction of sp³-hybridized carbons (Fsp3) is 0.484. The summed E-state index contributed by atoms with van der Waals surface area (Å²) in [4.78, 5) is 47.3. The normalized spacial score (nSPS) is 18.7. The van der Waals surface area contributed by atoms with Crippen LogP contribution >= 0.6 is 7.60 Å². The van der Waals surface area contributed by atoms with Gasteiger partial charge in [0.05, 0.1) is 29.6 Å². The lowest BCUT2D eigenvalue weighted by Gasteiger charge is -2.32. The topological polar surface area (TPSA) is 170 Å². The predicted octanol–water partition coefficient (Wildman–Crippen LogP) is 6.18. The number of alkyl halides is 3. The molecule has 0 radical (unpaired) electrons. The first-order chi connectivity index (χ1) is 22.1. The third kappa shape index (κ3) is 6.54. The average molecular weight is 679 g/mol. The van der Waals surface area contributed by atoms with Gasteiger partial charge in [-0.2, -0.15) is 18.2 Å². The molecule has 1 saturated carbocycles. The van der Waals surface area contributed by atoms with Crippen molar-refractivity contribution in [2.75, 3.05) is 24.8 Å². The molecule has 0 atom stereocenters. The molecule has 5 rings (SSSR count). The van der Waals surface area contributed by atoms with E-state index in [4.69, 9.17) is 4.74 Å². The molecule has 47 heavy (non-hydrogen) atoms. The molecule has 0 unspecified atom stereocenters. The molecular formula is C31H38F3N6O6P. The summed E-state index contributed by atoms with van der Waals surface area (Å²) in [7, 11) is -1.68. The monoisotopic (exact) mass is 678 g/mol. The number of pyridine rings is 1. The lowest BCUT2D eigenvalue weighted by molar-refractivity contribution is -0.137. The number of ether oxygens (including phenoxy) is 1. The van der Waals surface area contributed by atoms with Gasteiger partial charge in [0.25, 0.3) is 5.91 Å². The van der Waals surface area contributed by atoms with Crippen LogP contribution in [0.5, 0.6) is 5.75 Å². The van der Waals surface area contributed by atoms with Gasteiger partial charge < -0.3 is 35.2 Å². The number of amides is 1. The number of carbonyl (C=O) groups excluding carboxylic acids is 1. The van der Waals surface area contributed by atoms with Gasteiger partial charge in [0.15, 0.2) is 11.6 Å². The zero-order valence-corrected chi connectivity index (χ0v) is 27.3. The summed E-state index contributed by atoms with van der Waals surface area (Å²) in [6, 6.07) is 4.83. The van der Waals surface area contributed by atoms with Crippen molar-refractivity contribution in [3.8, 4) is 5.75 Å². The first-order valence-electron chi connectivity index (χ1n) is 15.3. The lowest BCUT2D eigenvalue weighted by Crippen LogP contribution is -2.25. The second kappa shape index (κ2) is 13.0. The Morgan fingerprint density at radius 1 is 1.04 bits per heavy atom. The molecule has 254 valence electrons. The third-order valence-electron chi connectivity index (χ3n) is 9.36. The minimum absolute atomic E-state index is 0.00780. The van der Waals surface area contributed by atoms with Crippen LogP contribution in [0, 0.1) is 0 Å². The number of rotatable bonds is 10. The van der Waals surface area contributed by atoms with Gasteiger partial charge in [-0.1, -0.05) is 19.9 Å². The second-order valence-electron chi connectivity index (χ2n) is 12.0. The molecule has 1 fully saturated rings. The van der Waals surface area contributed by atoms with E-state index in [-0.39, 0.29) is 65.1 Å². The highest BCUT2D eigenvalue weighted by molar-refractivity contribution is 7.53. The van der Waals surface area contributed by atoms with Crippen molar-refractivity contribution < 1.29 is 42.2 Å². The summed E-state index contributed by atoms with van der Waals surface area (Å²) in [6.45, 7) is 3.62. The van der Waals surface area contributed by atoms with Gasteiger partial charge in [-0.3, -0.25) is 9.36 Å². The van der Waals surface area contributed by atoms with Crippen LogP contribution in [-0.4, -0.2) is 60.9 Å². The molecule has 16 heteroatoms. The predicted molar refractivity (Wildman–Crippen MR) is 168 cm³/mol. The first-order valence-corrected chi connectivity index (χ1v) is 16.9. The van der Waals surface area contributed by atoms with E-state index in [1.807, 2.05) is 6.07 Å². The van der Waals surface area contributed by atoms with Gasteiger partial charge in [-0.05, 0) is 73.3 Å². The summed E-state index contributed by atoms with van der Waals surface area (Å²) in [5, 5.41) is 14.0. The maximum atomic E-state index is 14.2. The number of hydrogen-bond acceptors (Lipinski definition) is 9. The summed E-state index contributed by atoms with van der Waals surface area (Å²) < 4.78 is 60.4. The maximum Gasteiger partial charge on any atom is 0.421 e. The van der Waals surface area contributed by atoms with Crippen LogP contribution < -0.4 is 15.4 Å². The first kappa shape index (κ1) is 34.6. The van der Waals surface area contributed by atoms with Gasteiger partial charge in [-0.15, -0.1) is 0 Å². The van der Waals surface area contributed by atoms with Crippen molar-refractivity contribution in [1.29, 1.82) is 0 Å². The molecule has 0 spiro atoms. The summed E-state index contributed by atoms with van der Waals surface area (Å²) in [5.41, 5.74) is 1.21. The number of benzene rings is 1. The molecule has 1 aliphatic carbocycles. The van der Waals surface area contributed by atoms with Crippen molar-refractivity contribution in [2.45, 2.75) is 82.3 Å². The van der Waals surface area contributed by atoms with Crippen molar-refractivity contribution in [1.82, 2.24) is 19.9 Å². The summed E-state index contributed by atoms with van der Waals surface area (Å²) in [5.74, 6) is -1.01. The highest BCUT2D eigenvalue weighted by Gasteiger charge is 2.46.